The number of H-pyrrole nitrogens is 1. The summed E-state index contributed by atoms with van der Waals surface area (Å²) in [6, 6.07) is 7.70. The molecule has 1 saturated heterocycles. The zero-order valence-electron chi connectivity index (χ0n) is 20.6. The van der Waals surface area contributed by atoms with Crippen LogP contribution in [0, 0.1) is 17.2 Å². The lowest BCUT2D eigenvalue weighted by Gasteiger charge is -2.31. The van der Waals surface area contributed by atoms with Crippen LogP contribution in [0.4, 0.5) is 0 Å². The number of nitrogens with zero attached hydrogens (tertiary/aromatic N) is 1. The number of carbonyl (C=O) groups is 3. The summed E-state index contributed by atoms with van der Waals surface area (Å²) in [5, 5.41) is 19.1. The predicted octanol–water partition coefficient (Wildman–Crippen LogP) is 2.04. The largest absolute Gasteiger partial charge is 0.496 e. The first kappa shape index (κ1) is 24.9. The van der Waals surface area contributed by atoms with Gasteiger partial charge < -0.3 is 25.7 Å². The first-order chi connectivity index (χ1) is 16.5. The highest BCUT2D eigenvalue weighted by molar-refractivity contribution is 8.32. The molecule has 10 heteroatoms. The molecule has 35 heavy (non-hydrogen) atoms. The van der Waals surface area contributed by atoms with Gasteiger partial charge in [0, 0.05) is 28.1 Å². The molecule has 2 fully saturated rings. The Hall–Kier alpha value is -3.19. The van der Waals surface area contributed by atoms with E-state index >= 15 is 0 Å². The van der Waals surface area contributed by atoms with Crippen LogP contribution in [-0.4, -0.2) is 72.0 Å². The summed E-state index contributed by atoms with van der Waals surface area (Å²) in [6.07, 6.45) is 9.10. The summed E-state index contributed by atoms with van der Waals surface area (Å²) < 4.78 is 5.37. The predicted molar refractivity (Wildman–Crippen MR) is 137 cm³/mol. The summed E-state index contributed by atoms with van der Waals surface area (Å²) in [7, 11) is 0.404. The molecule has 1 aliphatic heterocycles. The second-order valence-corrected chi connectivity index (χ2v) is 15.0. The second-order valence-electron chi connectivity index (χ2n) is 10.5. The lowest BCUT2D eigenvalue weighted by atomic mass is 9.96. The average molecular weight is 500 g/mol. The van der Waals surface area contributed by atoms with Crippen LogP contribution in [0.25, 0.3) is 10.9 Å². The normalized spacial score (nSPS) is 20.5. The number of ether oxygens (including phenoxy) is 1. The maximum absolute atomic E-state index is 13.2. The van der Waals surface area contributed by atoms with Gasteiger partial charge in [0.05, 0.1) is 13.2 Å². The first-order valence-corrected chi connectivity index (χ1v) is 14.7. The van der Waals surface area contributed by atoms with Gasteiger partial charge in [-0.25, -0.2) is 10.0 Å². The lowest BCUT2D eigenvalue weighted by Crippen LogP contribution is -2.52. The first-order valence-electron chi connectivity index (χ1n) is 11.7. The van der Waals surface area contributed by atoms with E-state index in [1.807, 2.05) is 18.2 Å². The Morgan fingerprint density at radius 2 is 2.03 bits per heavy atom. The minimum Gasteiger partial charge on any atom is -0.496 e. The molecule has 2 heterocycles. The Labute approximate surface area is 206 Å². The van der Waals surface area contributed by atoms with Crippen molar-refractivity contribution in [3.05, 3.63) is 30.0 Å². The number of hydrogen-bond acceptors (Lipinski definition) is 5. The zero-order chi connectivity index (χ0) is 25.4. The maximum Gasteiger partial charge on any atom is 0.268 e. The summed E-state index contributed by atoms with van der Waals surface area (Å²) in [6.45, 7) is 0. The molecule has 3 amide bonds. The number of hydrogen-bond donors (Lipinski definition) is 4. The van der Waals surface area contributed by atoms with Crippen molar-refractivity contribution in [3.63, 3.8) is 0 Å². The summed E-state index contributed by atoms with van der Waals surface area (Å²) >= 11 is 0. The number of aromatic amines is 1. The van der Waals surface area contributed by atoms with Crippen molar-refractivity contribution < 1.29 is 19.1 Å². The van der Waals surface area contributed by atoms with E-state index in [1.54, 1.807) is 13.2 Å². The van der Waals surface area contributed by atoms with Crippen LogP contribution < -0.4 is 20.7 Å². The van der Waals surface area contributed by atoms with Crippen LogP contribution in [0.2, 0.25) is 0 Å². The number of methoxy groups -OCH3 is 1. The van der Waals surface area contributed by atoms with Crippen molar-refractivity contribution >= 4 is 38.7 Å². The molecule has 1 aromatic carbocycles. The van der Waals surface area contributed by atoms with Gasteiger partial charge in [-0.05, 0) is 62.6 Å². The molecule has 0 bridgehead atoms. The number of carbonyl (C=O) groups excluding carboxylic acids is 3. The summed E-state index contributed by atoms with van der Waals surface area (Å²) in [4.78, 5) is 41.7. The lowest BCUT2D eigenvalue weighted by molar-refractivity contribution is -0.125. The Kier molecular flexibility index (Phi) is 6.73. The van der Waals surface area contributed by atoms with Crippen molar-refractivity contribution in [2.75, 3.05) is 31.6 Å². The SMILES string of the molecule is COc1cccc2[nH]c(C(=O)NC(CS(C)(C)C)C(=O)NC(C#N)CC3CC4(CC4)NC3=O)cc12. The summed E-state index contributed by atoms with van der Waals surface area (Å²) in [5.41, 5.74) is 0.991. The number of nitrogens with one attached hydrogen (secondary N) is 4. The second kappa shape index (κ2) is 9.46. The molecule has 4 N–H and O–H groups in total. The number of amides is 3. The molecule has 2 aromatic rings. The smallest absolute Gasteiger partial charge is 0.268 e. The third-order valence-corrected chi connectivity index (χ3v) is 7.95. The van der Waals surface area contributed by atoms with E-state index in [0.717, 1.165) is 23.7 Å². The molecular formula is C25H33N5O4S. The molecule has 188 valence electrons. The van der Waals surface area contributed by atoms with Crippen LogP contribution in [0.3, 0.4) is 0 Å². The minimum atomic E-state index is -1.17. The molecule has 2 aliphatic rings. The van der Waals surface area contributed by atoms with Crippen LogP contribution in [0.5, 0.6) is 5.75 Å². The number of aromatic nitrogens is 1. The van der Waals surface area contributed by atoms with E-state index in [4.69, 9.17) is 4.74 Å². The fourth-order valence-electron chi connectivity index (χ4n) is 4.70. The molecule has 4 rings (SSSR count). The van der Waals surface area contributed by atoms with Crippen molar-refractivity contribution in [1.29, 1.82) is 5.26 Å². The van der Waals surface area contributed by atoms with Crippen LogP contribution >= 0.6 is 10.0 Å². The number of fused-ring (bicyclic) bond motifs is 1. The van der Waals surface area contributed by atoms with Gasteiger partial charge in [-0.3, -0.25) is 14.4 Å². The highest BCUT2D eigenvalue weighted by Crippen LogP contribution is 2.46. The molecule has 1 spiro atoms. The average Bonchev–Trinajstić information content (AvgIpc) is 3.26. The molecule has 3 atom stereocenters. The third kappa shape index (κ3) is 5.73. The number of benzene rings is 1. The zero-order valence-corrected chi connectivity index (χ0v) is 21.4. The highest BCUT2D eigenvalue weighted by atomic mass is 32.3. The number of nitriles is 1. The van der Waals surface area contributed by atoms with Gasteiger partial charge in [0.2, 0.25) is 11.8 Å². The van der Waals surface area contributed by atoms with E-state index in [-0.39, 0.29) is 23.8 Å². The number of rotatable bonds is 9. The van der Waals surface area contributed by atoms with Crippen LogP contribution in [-0.2, 0) is 9.59 Å². The van der Waals surface area contributed by atoms with Gasteiger partial charge in [0.1, 0.15) is 23.5 Å². The van der Waals surface area contributed by atoms with Crippen molar-refractivity contribution in [1.82, 2.24) is 20.9 Å². The van der Waals surface area contributed by atoms with E-state index in [9.17, 15) is 19.6 Å². The third-order valence-electron chi connectivity index (χ3n) is 6.62. The van der Waals surface area contributed by atoms with Gasteiger partial charge in [-0.15, -0.1) is 0 Å². The fourth-order valence-corrected chi connectivity index (χ4v) is 5.93. The van der Waals surface area contributed by atoms with Crippen molar-refractivity contribution in [2.45, 2.75) is 43.3 Å². The van der Waals surface area contributed by atoms with Gasteiger partial charge in [0.15, 0.2) is 0 Å². The molecule has 1 saturated carbocycles. The quantitative estimate of drug-likeness (QED) is 0.419. The molecule has 0 radical (unpaired) electrons. The van der Waals surface area contributed by atoms with E-state index in [0.29, 0.717) is 23.6 Å². The summed E-state index contributed by atoms with van der Waals surface area (Å²) in [5.74, 6) is -0.0569. The Morgan fingerprint density at radius 1 is 1.29 bits per heavy atom. The standard InChI is InChI=1S/C25H33N5O4S/c1-34-21-7-5-6-18-17(21)11-19(28-18)23(32)29-20(14-35(2,3)4)24(33)27-16(13-26)10-15-12-25(8-9-25)30-22(15)31/h5-7,11,15-16,20,28H,8-10,12,14H2,1-4H3,(H,27,33)(H,29,32)(H,30,31). The van der Waals surface area contributed by atoms with E-state index in [1.165, 1.54) is 0 Å². The van der Waals surface area contributed by atoms with Gasteiger partial charge >= 0.3 is 0 Å². The molecule has 3 unspecified atom stereocenters. The van der Waals surface area contributed by atoms with Crippen molar-refractivity contribution in [3.8, 4) is 11.8 Å². The van der Waals surface area contributed by atoms with Crippen LogP contribution in [0.1, 0.15) is 36.2 Å². The van der Waals surface area contributed by atoms with E-state index < -0.39 is 33.9 Å². The molecule has 9 nitrogen and oxygen atoms in total. The highest BCUT2D eigenvalue weighted by Gasteiger charge is 2.52. The minimum absolute atomic E-state index is 0.0461. The molecule has 1 aromatic heterocycles. The van der Waals surface area contributed by atoms with E-state index in [2.05, 4.69) is 45.8 Å². The Morgan fingerprint density at radius 3 is 2.63 bits per heavy atom. The molecule has 1 aliphatic carbocycles. The fraction of sp³-hybridized carbons (Fsp3) is 0.520. The monoisotopic (exact) mass is 499 g/mol. The Balaban J connectivity index is 1.46. The van der Waals surface area contributed by atoms with Gasteiger partial charge in [-0.1, -0.05) is 6.07 Å². The van der Waals surface area contributed by atoms with Gasteiger partial charge in [0.25, 0.3) is 5.91 Å². The molecular weight excluding hydrogens is 466 g/mol. The van der Waals surface area contributed by atoms with Gasteiger partial charge in [-0.2, -0.15) is 5.26 Å². The van der Waals surface area contributed by atoms with Crippen LogP contribution in [0.15, 0.2) is 24.3 Å². The Bertz CT molecular complexity index is 1190. The topological polar surface area (TPSA) is 136 Å². The van der Waals surface area contributed by atoms with Crippen molar-refractivity contribution in [2.24, 2.45) is 5.92 Å². The maximum atomic E-state index is 13.2.